The maximum absolute atomic E-state index is 4.07. The summed E-state index contributed by atoms with van der Waals surface area (Å²) in [6.07, 6.45) is 5.11. The number of aromatic nitrogens is 4. The van der Waals surface area contributed by atoms with Crippen LogP contribution in [0.15, 0.2) is 49.2 Å². The van der Waals surface area contributed by atoms with E-state index >= 15 is 0 Å². The standard InChI is InChI=1S/C12H11N5/c1-2-4-10(5-3-1)6-14-12-11-7-13-8-17(11)9-15-16-12/h1-5,7-9H,6H2,(H,14,16). The van der Waals surface area contributed by atoms with Gasteiger partial charge in [0.25, 0.3) is 0 Å². The number of hydrogen-bond donors (Lipinski definition) is 1. The first kappa shape index (κ1) is 9.77. The van der Waals surface area contributed by atoms with E-state index in [0.717, 1.165) is 17.9 Å². The Labute approximate surface area is 98.1 Å². The monoisotopic (exact) mass is 225 g/mol. The number of rotatable bonds is 3. The Morgan fingerprint density at radius 2 is 2.00 bits per heavy atom. The summed E-state index contributed by atoms with van der Waals surface area (Å²) in [6, 6.07) is 10.2. The lowest BCUT2D eigenvalue weighted by molar-refractivity contribution is 0.934. The summed E-state index contributed by atoms with van der Waals surface area (Å²) in [4.78, 5) is 4.06. The molecule has 17 heavy (non-hydrogen) atoms. The van der Waals surface area contributed by atoms with Crippen LogP contribution in [-0.2, 0) is 6.54 Å². The molecule has 2 aromatic heterocycles. The molecular weight excluding hydrogens is 214 g/mol. The second-order valence-corrected chi connectivity index (χ2v) is 3.70. The molecule has 0 fully saturated rings. The van der Waals surface area contributed by atoms with E-state index in [4.69, 9.17) is 0 Å². The molecule has 0 aliphatic rings. The molecule has 0 aliphatic carbocycles. The molecule has 0 amide bonds. The third-order valence-electron chi connectivity index (χ3n) is 2.55. The molecule has 0 unspecified atom stereocenters. The van der Waals surface area contributed by atoms with Crippen molar-refractivity contribution in [3.8, 4) is 0 Å². The van der Waals surface area contributed by atoms with Crippen LogP contribution in [0.4, 0.5) is 5.82 Å². The zero-order valence-corrected chi connectivity index (χ0v) is 9.11. The van der Waals surface area contributed by atoms with E-state index in [-0.39, 0.29) is 0 Å². The quantitative estimate of drug-likeness (QED) is 0.737. The zero-order chi connectivity index (χ0) is 11.5. The average molecular weight is 225 g/mol. The molecule has 0 radical (unpaired) electrons. The van der Waals surface area contributed by atoms with Crippen molar-refractivity contribution in [1.29, 1.82) is 0 Å². The van der Waals surface area contributed by atoms with Crippen molar-refractivity contribution in [2.24, 2.45) is 0 Å². The highest BCUT2D eigenvalue weighted by Gasteiger charge is 2.02. The van der Waals surface area contributed by atoms with Gasteiger partial charge in [-0.05, 0) is 5.56 Å². The van der Waals surface area contributed by atoms with E-state index in [1.165, 1.54) is 5.56 Å². The molecule has 0 atom stereocenters. The predicted octanol–water partition coefficient (Wildman–Crippen LogP) is 1.74. The van der Waals surface area contributed by atoms with Crippen molar-refractivity contribution in [2.45, 2.75) is 6.54 Å². The van der Waals surface area contributed by atoms with Crippen LogP contribution in [0.3, 0.4) is 0 Å². The highest BCUT2D eigenvalue weighted by molar-refractivity contribution is 5.65. The largest absolute Gasteiger partial charge is 0.363 e. The van der Waals surface area contributed by atoms with Crippen molar-refractivity contribution >= 4 is 11.3 Å². The Balaban J connectivity index is 1.84. The summed E-state index contributed by atoms with van der Waals surface area (Å²) in [5, 5.41) is 11.2. The molecule has 0 saturated heterocycles. The number of anilines is 1. The van der Waals surface area contributed by atoms with Gasteiger partial charge < -0.3 is 5.32 Å². The lowest BCUT2D eigenvalue weighted by Gasteiger charge is -2.05. The fourth-order valence-corrected chi connectivity index (χ4v) is 1.68. The van der Waals surface area contributed by atoms with E-state index in [0.29, 0.717) is 0 Å². The number of fused-ring (bicyclic) bond motifs is 1. The van der Waals surface area contributed by atoms with Gasteiger partial charge in [0.15, 0.2) is 5.82 Å². The highest BCUT2D eigenvalue weighted by atomic mass is 15.2. The van der Waals surface area contributed by atoms with Crippen molar-refractivity contribution in [3.05, 3.63) is 54.7 Å². The van der Waals surface area contributed by atoms with Gasteiger partial charge in [-0.25, -0.2) is 4.98 Å². The minimum Gasteiger partial charge on any atom is -0.363 e. The van der Waals surface area contributed by atoms with E-state index in [1.807, 2.05) is 22.6 Å². The van der Waals surface area contributed by atoms with Crippen LogP contribution in [0.2, 0.25) is 0 Å². The van der Waals surface area contributed by atoms with Crippen LogP contribution >= 0.6 is 0 Å². The smallest absolute Gasteiger partial charge is 0.174 e. The molecule has 1 N–H and O–H groups in total. The van der Waals surface area contributed by atoms with Crippen molar-refractivity contribution in [1.82, 2.24) is 19.6 Å². The molecule has 0 bridgehead atoms. The Morgan fingerprint density at radius 3 is 2.88 bits per heavy atom. The van der Waals surface area contributed by atoms with Crippen LogP contribution in [-0.4, -0.2) is 19.6 Å². The summed E-state index contributed by atoms with van der Waals surface area (Å²) in [5.41, 5.74) is 2.13. The highest BCUT2D eigenvalue weighted by Crippen LogP contribution is 2.12. The SMILES string of the molecule is c1ccc(CNc2nncn3cncc23)cc1. The molecule has 5 nitrogen and oxygen atoms in total. The van der Waals surface area contributed by atoms with Crippen LogP contribution in [0.1, 0.15) is 5.56 Å². The molecule has 3 aromatic rings. The van der Waals surface area contributed by atoms with E-state index < -0.39 is 0 Å². The Kier molecular flexibility index (Phi) is 2.42. The Bertz CT molecular complexity index is 617. The zero-order valence-electron chi connectivity index (χ0n) is 9.11. The average Bonchev–Trinajstić information content (AvgIpc) is 2.86. The Morgan fingerprint density at radius 1 is 1.12 bits per heavy atom. The first-order valence-corrected chi connectivity index (χ1v) is 5.34. The van der Waals surface area contributed by atoms with Gasteiger partial charge in [0, 0.05) is 6.54 Å². The van der Waals surface area contributed by atoms with Gasteiger partial charge in [0.1, 0.15) is 18.2 Å². The van der Waals surface area contributed by atoms with Crippen LogP contribution in [0.5, 0.6) is 0 Å². The van der Waals surface area contributed by atoms with Crippen molar-refractivity contribution in [2.75, 3.05) is 5.32 Å². The topological polar surface area (TPSA) is 55.1 Å². The number of imidazole rings is 1. The first-order valence-electron chi connectivity index (χ1n) is 5.34. The molecule has 3 rings (SSSR count). The fraction of sp³-hybridized carbons (Fsp3) is 0.0833. The van der Waals surface area contributed by atoms with Gasteiger partial charge in [-0.15, -0.1) is 10.2 Å². The molecular formula is C12H11N5. The van der Waals surface area contributed by atoms with E-state index in [9.17, 15) is 0 Å². The lowest BCUT2D eigenvalue weighted by atomic mass is 10.2. The van der Waals surface area contributed by atoms with Gasteiger partial charge in [-0.1, -0.05) is 30.3 Å². The molecule has 0 saturated carbocycles. The molecule has 0 aliphatic heterocycles. The summed E-state index contributed by atoms with van der Waals surface area (Å²) >= 11 is 0. The summed E-state index contributed by atoms with van der Waals surface area (Å²) in [5.74, 6) is 0.744. The number of nitrogens with zero attached hydrogens (tertiary/aromatic N) is 4. The molecule has 84 valence electrons. The van der Waals surface area contributed by atoms with Crippen LogP contribution in [0.25, 0.3) is 5.52 Å². The summed E-state index contributed by atoms with van der Waals surface area (Å²) in [7, 11) is 0. The minimum absolute atomic E-state index is 0.723. The number of hydrogen-bond acceptors (Lipinski definition) is 4. The Hall–Kier alpha value is -2.43. The van der Waals surface area contributed by atoms with Crippen LogP contribution in [0, 0.1) is 0 Å². The maximum Gasteiger partial charge on any atom is 0.174 e. The van der Waals surface area contributed by atoms with Crippen LogP contribution < -0.4 is 5.32 Å². The van der Waals surface area contributed by atoms with Crippen molar-refractivity contribution < 1.29 is 0 Å². The third kappa shape index (κ3) is 1.94. The predicted molar refractivity (Wildman–Crippen MR) is 64.6 cm³/mol. The van der Waals surface area contributed by atoms with Gasteiger partial charge in [0.05, 0.1) is 6.20 Å². The molecule has 5 heteroatoms. The van der Waals surface area contributed by atoms with Gasteiger partial charge in [0.2, 0.25) is 0 Å². The minimum atomic E-state index is 0.723. The second kappa shape index (κ2) is 4.21. The second-order valence-electron chi connectivity index (χ2n) is 3.70. The van der Waals surface area contributed by atoms with Gasteiger partial charge in [-0.2, -0.15) is 0 Å². The molecule has 1 aromatic carbocycles. The normalized spacial score (nSPS) is 10.6. The lowest BCUT2D eigenvalue weighted by Crippen LogP contribution is -2.04. The van der Waals surface area contributed by atoms with Crippen molar-refractivity contribution in [3.63, 3.8) is 0 Å². The fourth-order valence-electron chi connectivity index (χ4n) is 1.68. The van der Waals surface area contributed by atoms with E-state index in [1.54, 1.807) is 18.9 Å². The molecule has 0 spiro atoms. The van der Waals surface area contributed by atoms with E-state index in [2.05, 4.69) is 32.6 Å². The van der Waals surface area contributed by atoms with Gasteiger partial charge >= 0.3 is 0 Å². The number of nitrogens with one attached hydrogen (secondary N) is 1. The van der Waals surface area contributed by atoms with Gasteiger partial charge in [-0.3, -0.25) is 4.40 Å². The summed E-state index contributed by atoms with van der Waals surface area (Å²) < 4.78 is 1.83. The third-order valence-corrected chi connectivity index (χ3v) is 2.55. The number of benzene rings is 1. The first-order chi connectivity index (χ1) is 8.43. The summed E-state index contributed by atoms with van der Waals surface area (Å²) in [6.45, 7) is 0.723. The maximum atomic E-state index is 4.07. The molecule has 2 heterocycles.